The third kappa shape index (κ3) is 2.69. The Kier molecular flexibility index (Phi) is 3.95. The van der Waals surface area contributed by atoms with E-state index in [-0.39, 0.29) is 0 Å². The molecule has 6 heteroatoms. The van der Waals surface area contributed by atoms with Gasteiger partial charge in [-0.05, 0) is 17.7 Å². The second-order valence-corrected chi connectivity index (χ2v) is 5.03. The summed E-state index contributed by atoms with van der Waals surface area (Å²) in [5, 5.41) is 1.29. The summed E-state index contributed by atoms with van der Waals surface area (Å²) in [5.74, 6) is 0.475. The second kappa shape index (κ2) is 5.31. The minimum Gasteiger partial charge on any atom is -0.347 e. The van der Waals surface area contributed by atoms with E-state index in [1.807, 2.05) is 26.2 Å². The van der Waals surface area contributed by atoms with Gasteiger partial charge in [0.1, 0.15) is 10.3 Å². The van der Waals surface area contributed by atoms with Gasteiger partial charge in [0.2, 0.25) is 5.95 Å². The van der Waals surface area contributed by atoms with Crippen LogP contribution in [0.15, 0.2) is 24.3 Å². The Morgan fingerprint density at radius 3 is 1.83 bits per heavy atom. The molecule has 0 atom stereocenters. The zero-order valence-electron chi connectivity index (χ0n) is 9.78. The van der Waals surface area contributed by atoms with E-state index in [1.165, 1.54) is 0 Å². The number of hydrogen-bond donors (Lipinski definition) is 0. The highest BCUT2D eigenvalue weighted by atomic mass is 35.5. The Balaban J connectivity index is 2.55. The summed E-state index contributed by atoms with van der Waals surface area (Å²) in [5.41, 5.74) is 1.44. The maximum Gasteiger partial charge on any atom is 0.227 e. The number of anilines is 1. The second-order valence-electron chi connectivity index (χ2n) is 3.88. The quantitative estimate of drug-likeness (QED) is 0.780. The van der Waals surface area contributed by atoms with Crippen LogP contribution in [0.3, 0.4) is 0 Å². The van der Waals surface area contributed by atoms with Crippen molar-refractivity contribution in [3.8, 4) is 11.1 Å². The molecule has 0 bridgehead atoms. The van der Waals surface area contributed by atoms with Gasteiger partial charge in [-0.2, -0.15) is 0 Å². The van der Waals surface area contributed by atoms with Crippen LogP contribution < -0.4 is 4.90 Å². The first-order chi connectivity index (χ1) is 8.49. The van der Waals surface area contributed by atoms with Gasteiger partial charge in [0.25, 0.3) is 0 Å². The monoisotopic (exact) mass is 301 g/mol. The third-order valence-electron chi connectivity index (χ3n) is 2.34. The number of hydrogen-bond acceptors (Lipinski definition) is 3. The lowest BCUT2D eigenvalue weighted by atomic mass is 10.1. The molecule has 0 N–H and O–H groups in total. The summed E-state index contributed by atoms with van der Waals surface area (Å²) in [7, 11) is 3.65. The van der Waals surface area contributed by atoms with E-state index in [9.17, 15) is 0 Å². The molecule has 0 aliphatic carbocycles. The molecule has 2 aromatic rings. The molecule has 0 aliphatic heterocycles. The summed E-state index contributed by atoms with van der Waals surface area (Å²) in [6.45, 7) is 0. The minimum atomic E-state index is 0.320. The Morgan fingerprint density at radius 2 is 1.39 bits per heavy atom. The van der Waals surface area contributed by atoms with Gasteiger partial charge < -0.3 is 4.90 Å². The summed E-state index contributed by atoms with van der Waals surface area (Å²) in [6.07, 6.45) is 0. The fourth-order valence-corrected chi connectivity index (χ4v) is 2.18. The number of nitrogens with zero attached hydrogens (tertiary/aromatic N) is 3. The van der Waals surface area contributed by atoms with Crippen LogP contribution >= 0.6 is 34.8 Å². The molecule has 18 heavy (non-hydrogen) atoms. The number of benzene rings is 1. The van der Waals surface area contributed by atoms with Gasteiger partial charge in [0.05, 0.1) is 5.56 Å². The number of rotatable bonds is 2. The molecule has 0 radical (unpaired) electrons. The van der Waals surface area contributed by atoms with Crippen LogP contribution in [0.1, 0.15) is 0 Å². The smallest absolute Gasteiger partial charge is 0.227 e. The van der Waals surface area contributed by atoms with Crippen molar-refractivity contribution >= 4 is 40.8 Å². The topological polar surface area (TPSA) is 29.0 Å². The van der Waals surface area contributed by atoms with Gasteiger partial charge in [-0.3, -0.25) is 0 Å². The first-order valence-electron chi connectivity index (χ1n) is 5.15. The Bertz CT molecular complexity index is 544. The van der Waals surface area contributed by atoms with Gasteiger partial charge in [-0.15, -0.1) is 0 Å². The summed E-state index contributed by atoms with van der Waals surface area (Å²) >= 11 is 18.2. The van der Waals surface area contributed by atoms with E-state index < -0.39 is 0 Å². The van der Waals surface area contributed by atoms with Crippen LogP contribution in [0.25, 0.3) is 11.1 Å². The fourth-order valence-electron chi connectivity index (χ4n) is 1.45. The lowest BCUT2D eigenvalue weighted by molar-refractivity contribution is 1.00. The number of aromatic nitrogens is 2. The maximum absolute atomic E-state index is 6.16. The van der Waals surface area contributed by atoms with Crippen LogP contribution in [-0.2, 0) is 0 Å². The van der Waals surface area contributed by atoms with E-state index in [1.54, 1.807) is 17.0 Å². The zero-order chi connectivity index (χ0) is 13.3. The van der Waals surface area contributed by atoms with Crippen molar-refractivity contribution in [1.29, 1.82) is 0 Å². The minimum absolute atomic E-state index is 0.320. The van der Waals surface area contributed by atoms with Gasteiger partial charge in [0.15, 0.2) is 0 Å². The Hall–Kier alpha value is -1.03. The molecule has 0 spiro atoms. The molecule has 1 aromatic heterocycles. The molecule has 2 rings (SSSR count). The largest absolute Gasteiger partial charge is 0.347 e. The van der Waals surface area contributed by atoms with Crippen LogP contribution in [0.5, 0.6) is 0 Å². The average molecular weight is 303 g/mol. The summed E-state index contributed by atoms with van der Waals surface area (Å²) in [6, 6.07) is 7.19. The molecular formula is C12H10Cl3N3. The molecule has 0 fully saturated rings. The first-order valence-corrected chi connectivity index (χ1v) is 6.28. The predicted molar refractivity (Wildman–Crippen MR) is 76.8 cm³/mol. The van der Waals surface area contributed by atoms with Gasteiger partial charge >= 0.3 is 0 Å². The van der Waals surface area contributed by atoms with Crippen molar-refractivity contribution < 1.29 is 0 Å². The molecule has 3 nitrogen and oxygen atoms in total. The van der Waals surface area contributed by atoms with Crippen molar-refractivity contribution in [2.24, 2.45) is 0 Å². The lowest BCUT2D eigenvalue weighted by Gasteiger charge is -2.13. The first kappa shape index (κ1) is 13.4. The van der Waals surface area contributed by atoms with E-state index in [0.29, 0.717) is 26.8 Å². The third-order valence-corrected chi connectivity index (χ3v) is 3.14. The van der Waals surface area contributed by atoms with Crippen molar-refractivity contribution in [3.63, 3.8) is 0 Å². The lowest BCUT2D eigenvalue weighted by Crippen LogP contribution is -2.13. The molecule has 94 valence electrons. The summed E-state index contributed by atoms with van der Waals surface area (Å²) in [4.78, 5) is 10.1. The van der Waals surface area contributed by atoms with Crippen molar-refractivity contribution in [3.05, 3.63) is 39.6 Å². The average Bonchev–Trinajstić information content (AvgIpc) is 2.30. The molecule has 0 aliphatic rings. The van der Waals surface area contributed by atoms with Crippen molar-refractivity contribution in [1.82, 2.24) is 9.97 Å². The maximum atomic E-state index is 6.16. The fraction of sp³-hybridized carbons (Fsp3) is 0.167. The Morgan fingerprint density at radius 1 is 0.889 bits per heavy atom. The molecular weight excluding hydrogens is 293 g/mol. The standard InChI is InChI=1S/C12H10Cl3N3/c1-18(2)12-16-10(14)9(11(15)17-12)7-3-5-8(13)6-4-7/h3-6H,1-2H3. The van der Waals surface area contributed by atoms with Crippen LogP contribution in [-0.4, -0.2) is 24.1 Å². The van der Waals surface area contributed by atoms with Crippen molar-refractivity contribution in [2.45, 2.75) is 0 Å². The highest BCUT2D eigenvalue weighted by Crippen LogP contribution is 2.34. The van der Waals surface area contributed by atoms with E-state index >= 15 is 0 Å². The molecule has 0 amide bonds. The van der Waals surface area contributed by atoms with Crippen LogP contribution in [0.2, 0.25) is 15.3 Å². The molecule has 0 saturated carbocycles. The van der Waals surface area contributed by atoms with Gasteiger partial charge in [-0.1, -0.05) is 46.9 Å². The van der Waals surface area contributed by atoms with Crippen molar-refractivity contribution in [2.75, 3.05) is 19.0 Å². The van der Waals surface area contributed by atoms with E-state index in [2.05, 4.69) is 9.97 Å². The van der Waals surface area contributed by atoms with Crippen LogP contribution in [0, 0.1) is 0 Å². The van der Waals surface area contributed by atoms with Gasteiger partial charge in [-0.25, -0.2) is 9.97 Å². The van der Waals surface area contributed by atoms with E-state index in [0.717, 1.165) is 5.56 Å². The SMILES string of the molecule is CN(C)c1nc(Cl)c(-c2ccc(Cl)cc2)c(Cl)n1. The molecule has 1 heterocycles. The highest BCUT2D eigenvalue weighted by Gasteiger charge is 2.14. The normalized spacial score (nSPS) is 10.5. The highest BCUT2D eigenvalue weighted by molar-refractivity contribution is 6.38. The van der Waals surface area contributed by atoms with Crippen LogP contribution in [0.4, 0.5) is 5.95 Å². The number of halogens is 3. The summed E-state index contributed by atoms with van der Waals surface area (Å²) < 4.78 is 0. The molecule has 0 unspecified atom stereocenters. The van der Waals surface area contributed by atoms with E-state index in [4.69, 9.17) is 34.8 Å². The molecule has 1 aromatic carbocycles. The zero-order valence-corrected chi connectivity index (χ0v) is 12.1. The Labute approximate surface area is 120 Å². The predicted octanol–water partition coefficient (Wildman–Crippen LogP) is 4.17. The van der Waals surface area contributed by atoms with Gasteiger partial charge in [0, 0.05) is 19.1 Å². The molecule has 0 saturated heterocycles.